The molecule has 98 valence electrons. The Balaban J connectivity index is 1.88. The third-order valence-corrected chi connectivity index (χ3v) is 3.25. The van der Waals surface area contributed by atoms with E-state index in [0.717, 1.165) is 0 Å². The highest BCUT2D eigenvalue weighted by molar-refractivity contribution is 9.10. The van der Waals surface area contributed by atoms with E-state index in [4.69, 9.17) is 9.47 Å². The summed E-state index contributed by atoms with van der Waals surface area (Å²) in [4.78, 5) is 11.8. The van der Waals surface area contributed by atoms with E-state index in [1.165, 1.54) is 6.07 Å². The van der Waals surface area contributed by atoms with E-state index in [0.29, 0.717) is 36.4 Å². The van der Waals surface area contributed by atoms with Crippen molar-refractivity contribution >= 4 is 21.8 Å². The first-order valence-electron chi connectivity index (χ1n) is 5.63. The number of hydrogen-bond donors (Lipinski definition) is 2. The first kappa shape index (κ1) is 13.3. The summed E-state index contributed by atoms with van der Waals surface area (Å²) in [6, 6.07) is 4.68. The van der Waals surface area contributed by atoms with Crippen LogP contribution in [0.15, 0.2) is 22.7 Å². The number of phenols is 1. The van der Waals surface area contributed by atoms with Crippen molar-refractivity contribution in [1.82, 2.24) is 5.32 Å². The Morgan fingerprint density at radius 1 is 1.50 bits per heavy atom. The molecule has 2 rings (SSSR count). The van der Waals surface area contributed by atoms with E-state index < -0.39 is 0 Å². The number of benzene rings is 1. The highest BCUT2D eigenvalue weighted by Gasteiger charge is 2.16. The van der Waals surface area contributed by atoms with Crippen molar-refractivity contribution in [2.24, 2.45) is 0 Å². The van der Waals surface area contributed by atoms with E-state index in [-0.39, 0.29) is 17.8 Å². The van der Waals surface area contributed by atoms with Gasteiger partial charge < -0.3 is 19.9 Å². The summed E-state index contributed by atoms with van der Waals surface area (Å²) < 4.78 is 11.2. The predicted octanol–water partition coefficient (Wildman–Crippen LogP) is 1.30. The van der Waals surface area contributed by atoms with Crippen LogP contribution in [0.1, 0.15) is 10.4 Å². The molecule has 0 spiro atoms. The van der Waals surface area contributed by atoms with Crippen LogP contribution in [0.25, 0.3) is 0 Å². The van der Waals surface area contributed by atoms with Gasteiger partial charge in [-0.3, -0.25) is 4.79 Å². The molecule has 1 unspecified atom stereocenters. The van der Waals surface area contributed by atoms with Gasteiger partial charge in [-0.2, -0.15) is 0 Å². The monoisotopic (exact) mass is 315 g/mol. The summed E-state index contributed by atoms with van der Waals surface area (Å²) in [6.07, 6.45) is -0.105. The van der Waals surface area contributed by atoms with E-state index in [1.807, 2.05) is 0 Å². The quantitative estimate of drug-likeness (QED) is 0.882. The molecule has 1 atom stereocenters. The largest absolute Gasteiger partial charge is 0.507 e. The summed E-state index contributed by atoms with van der Waals surface area (Å²) in [5.41, 5.74) is 0.410. The van der Waals surface area contributed by atoms with Gasteiger partial charge in [-0.15, -0.1) is 0 Å². The highest BCUT2D eigenvalue weighted by Crippen LogP contribution is 2.24. The number of phenolic OH excluding ortho intramolecular Hbond substituents is 1. The normalized spacial score (nSPS) is 19.5. The molecule has 1 fully saturated rings. The van der Waals surface area contributed by atoms with Crippen molar-refractivity contribution in [3.63, 3.8) is 0 Å². The van der Waals surface area contributed by atoms with Gasteiger partial charge in [-0.05, 0) is 34.1 Å². The van der Waals surface area contributed by atoms with Gasteiger partial charge in [0.25, 0.3) is 5.91 Å². The Morgan fingerprint density at radius 3 is 3.00 bits per heavy atom. The van der Waals surface area contributed by atoms with Crippen LogP contribution in [0, 0.1) is 0 Å². The smallest absolute Gasteiger partial charge is 0.251 e. The molecular weight excluding hydrogens is 302 g/mol. The predicted molar refractivity (Wildman–Crippen MR) is 68.7 cm³/mol. The van der Waals surface area contributed by atoms with Crippen LogP contribution in [0.2, 0.25) is 0 Å². The van der Waals surface area contributed by atoms with Crippen molar-refractivity contribution in [1.29, 1.82) is 0 Å². The maximum absolute atomic E-state index is 11.8. The van der Waals surface area contributed by atoms with Gasteiger partial charge in [0.15, 0.2) is 0 Å². The number of rotatable bonds is 3. The Bertz CT molecular complexity index is 432. The number of halogens is 1. The fourth-order valence-corrected chi connectivity index (χ4v) is 1.86. The third-order valence-electron chi connectivity index (χ3n) is 2.58. The van der Waals surface area contributed by atoms with Gasteiger partial charge >= 0.3 is 0 Å². The van der Waals surface area contributed by atoms with Crippen molar-refractivity contribution in [3.05, 3.63) is 28.2 Å². The molecule has 0 bridgehead atoms. The van der Waals surface area contributed by atoms with Gasteiger partial charge in [0.2, 0.25) is 0 Å². The Labute approximate surface area is 113 Å². The van der Waals surface area contributed by atoms with Gasteiger partial charge in [0, 0.05) is 12.1 Å². The third kappa shape index (κ3) is 3.44. The second-order valence-corrected chi connectivity index (χ2v) is 4.80. The van der Waals surface area contributed by atoms with Crippen LogP contribution in [0.4, 0.5) is 0 Å². The number of hydrogen-bond acceptors (Lipinski definition) is 4. The number of nitrogens with one attached hydrogen (secondary N) is 1. The molecule has 0 aliphatic carbocycles. The molecule has 0 aromatic heterocycles. The lowest BCUT2D eigenvalue weighted by Crippen LogP contribution is -2.39. The molecule has 0 saturated carbocycles. The van der Waals surface area contributed by atoms with Crippen LogP contribution >= 0.6 is 15.9 Å². The number of ether oxygens (including phenoxy) is 2. The summed E-state index contributed by atoms with van der Waals surface area (Å²) in [6.45, 7) is 2.05. The van der Waals surface area contributed by atoms with Crippen molar-refractivity contribution in [3.8, 4) is 5.75 Å². The zero-order chi connectivity index (χ0) is 13.0. The average molecular weight is 316 g/mol. The summed E-state index contributed by atoms with van der Waals surface area (Å²) in [7, 11) is 0. The summed E-state index contributed by atoms with van der Waals surface area (Å²) in [5, 5.41) is 12.2. The van der Waals surface area contributed by atoms with E-state index in [9.17, 15) is 9.90 Å². The minimum Gasteiger partial charge on any atom is -0.507 e. The van der Waals surface area contributed by atoms with Crippen molar-refractivity contribution in [2.75, 3.05) is 26.4 Å². The Kier molecular flexibility index (Phi) is 4.57. The first-order chi connectivity index (χ1) is 8.66. The summed E-state index contributed by atoms with van der Waals surface area (Å²) in [5.74, 6) is -0.202. The molecule has 1 saturated heterocycles. The number of amides is 1. The fraction of sp³-hybridized carbons (Fsp3) is 0.417. The van der Waals surface area contributed by atoms with E-state index in [2.05, 4.69) is 21.2 Å². The molecule has 18 heavy (non-hydrogen) atoms. The minimum atomic E-state index is -0.244. The van der Waals surface area contributed by atoms with E-state index >= 15 is 0 Å². The minimum absolute atomic E-state index is 0.0416. The highest BCUT2D eigenvalue weighted by atomic mass is 79.9. The number of carbonyl (C=O) groups excluding carboxylic acids is 1. The molecule has 6 heteroatoms. The van der Waals surface area contributed by atoms with Gasteiger partial charge in [0.05, 0.1) is 30.4 Å². The standard InChI is InChI=1S/C12H14BrNO4/c13-10-2-1-8(5-11(10)15)12(16)14-6-9-7-17-3-4-18-9/h1-2,5,9,15H,3-4,6-7H2,(H,14,16). The molecule has 1 aliphatic heterocycles. The lowest BCUT2D eigenvalue weighted by molar-refractivity contribution is -0.0855. The average Bonchev–Trinajstić information content (AvgIpc) is 2.40. The Hall–Kier alpha value is -1.11. The summed E-state index contributed by atoms with van der Waals surface area (Å²) >= 11 is 3.16. The molecule has 5 nitrogen and oxygen atoms in total. The molecule has 1 amide bonds. The number of aromatic hydroxyl groups is 1. The molecule has 1 aromatic rings. The lowest BCUT2D eigenvalue weighted by atomic mass is 10.2. The SMILES string of the molecule is O=C(NCC1COCCO1)c1ccc(Br)c(O)c1. The van der Waals surface area contributed by atoms with Crippen LogP contribution in [0.3, 0.4) is 0 Å². The zero-order valence-corrected chi connectivity index (χ0v) is 11.3. The van der Waals surface area contributed by atoms with E-state index in [1.54, 1.807) is 12.1 Å². The van der Waals surface area contributed by atoms with Gasteiger partial charge in [-0.1, -0.05) is 0 Å². The number of carbonyl (C=O) groups is 1. The molecular formula is C12H14BrNO4. The first-order valence-corrected chi connectivity index (χ1v) is 6.42. The van der Waals surface area contributed by atoms with Gasteiger partial charge in [0.1, 0.15) is 5.75 Å². The van der Waals surface area contributed by atoms with Crippen molar-refractivity contribution < 1.29 is 19.4 Å². The van der Waals surface area contributed by atoms with Crippen LogP contribution in [-0.4, -0.2) is 43.5 Å². The molecule has 1 heterocycles. The van der Waals surface area contributed by atoms with Crippen LogP contribution in [0.5, 0.6) is 5.75 Å². The second-order valence-electron chi connectivity index (χ2n) is 3.94. The topological polar surface area (TPSA) is 67.8 Å². The maximum Gasteiger partial charge on any atom is 0.251 e. The molecule has 0 radical (unpaired) electrons. The Morgan fingerprint density at radius 2 is 2.33 bits per heavy atom. The fourth-order valence-electron chi connectivity index (χ4n) is 1.62. The van der Waals surface area contributed by atoms with Crippen LogP contribution in [-0.2, 0) is 9.47 Å². The second kappa shape index (κ2) is 6.17. The lowest BCUT2D eigenvalue weighted by Gasteiger charge is -2.23. The molecule has 2 N–H and O–H groups in total. The van der Waals surface area contributed by atoms with Crippen LogP contribution < -0.4 is 5.32 Å². The zero-order valence-electron chi connectivity index (χ0n) is 9.69. The van der Waals surface area contributed by atoms with Crippen molar-refractivity contribution in [2.45, 2.75) is 6.10 Å². The maximum atomic E-state index is 11.8. The molecule has 1 aromatic carbocycles. The van der Waals surface area contributed by atoms with Gasteiger partial charge in [-0.25, -0.2) is 0 Å². The molecule has 1 aliphatic rings.